The number of unbranched alkanes of at least 4 members (excludes halogenated alkanes) is 1. The van der Waals surface area contributed by atoms with Crippen LogP contribution in [0.1, 0.15) is 81.8 Å². The number of benzene rings is 1. The summed E-state index contributed by atoms with van der Waals surface area (Å²) < 4.78 is 19.8. The Labute approximate surface area is 217 Å². The average Bonchev–Trinajstić information content (AvgIpc) is 2.88. The molecule has 1 aromatic rings. The van der Waals surface area contributed by atoms with Crippen molar-refractivity contribution in [1.29, 1.82) is 0 Å². The zero-order valence-electron chi connectivity index (χ0n) is 22.6. The number of rotatable bonds is 12. The summed E-state index contributed by atoms with van der Waals surface area (Å²) in [4.78, 5) is 14.6. The van der Waals surface area contributed by atoms with Gasteiger partial charge in [-0.05, 0) is 94.1 Å². The lowest BCUT2D eigenvalue weighted by Gasteiger charge is -2.51. The van der Waals surface area contributed by atoms with Crippen molar-refractivity contribution in [1.82, 2.24) is 10.2 Å². The Morgan fingerprint density at radius 3 is 2.67 bits per heavy atom. The van der Waals surface area contributed by atoms with E-state index in [0.29, 0.717) is 31.1 Å². The van der Waals surface area contributed by atoms with Crippen LogP contribution < -0.4 is 11.1 Å². The molecule has 1 heterocycles. The minimum Gasteiger partial charge on any atom is -0.385 e. The van der Waals surface area contributed by atoms with Crippen LogP contribution in [-0.4, -0.2) is 55.9 Å². The van der Waals surface area contributed by atoms with Crippen molar-refractivity contribution in [2.24, 2.45) is 23.5 Å². The Balaban J connectivity index is 2.04. The number of hydrogen-bond donors (Lipinski definition) is 3. The van der Waals surface area contributed by atoms with Crippen molar-refractivity contribution in [3.05, 3.63) is 35.1 Å². The smallest absolute Gasteiger partial charge is 0.315 e. The second kappa shape index (κ2) is 13.7. The molecule has 36 heavy (non-hydrogen) atoms. The number of hydrogen-bond acceptors (Lipinski definition) is 4. The molecule has 4 atom stereocenters. The molecular weight excluding hydrogens is 457 g/mol. The number of nitrogens with zero attached hydrogens (tertiary/aromatic N) is 1. The summed E-state index contributed by atoms with van der Waals surface area (Å²) in [5.41, 5.74) is 6.22. The van der Waals surface area contributed by atoms with Crippen molar-refractivity contribution in [3.8, 4) is 0 Å². The number of carbonyl (C=O) groups is 1. The predicted octanol–water partition coefficient (Wildman–Crippen LogP) is 5.10. The average molecular weight is 506 g/mol. The Hall–Kier alpha value is -1.70. The molecule has 1 aromatic carbocycles. The van der Waals surface area contributed by atoms with Crippen molar-refractivity contribution in [2.45, 2.75) is 89.2 Å². The van der Waals surface area contributed by atoms with Gasteiger partial charge in [0, 0.05) is 32.2 Å². The molecular formula is C29H48FN3O3. The molecule has 0 radical (unpaired) electrons. The summed E-state index contributed by atoms with van der Waals surface area (Å²) in [6.45, 7) is 3.90. The van der Waals surface area contributed by atoms with Gasteiger partial charge in [0.1, 0.15) is 5.82 Å². The third-order valence-corrected chi connectivity index (χ3v) is 8.72. The summed E-state index contributed by atoms with van der Waals surface area (Å²) in [5, 5.41) is 16.0. The van der Waals surface area contributed by atoms with Gasteiger partial charge < -0.3 is 25.8 Å². The summed E-state index contributed by atoms with van der Waals surface area (Å²) >= 11 is 0. The topological polar surface area (TPSA) is 87.8 Å². The largest absolute Gasteiger partial charge is 0.385 e. The number of amides is 2. The number of carbonyl (C=O) groups excluding carboxylic acids is 1. The molecule has 2 amide bonds. The van der Waals surface area contributed by atoms with E-state index in [9.17, 15) is 14.3 Å². The van der Waals surface area contributed by atoms with Gasteiger partial charge in [-0.1, -0.05) is 38.2 Å². The van der Waals surface area contributed by atoms with Gasteiger partial charge in [-0.3, -0.25) is 0 Å². The standard InChI is InChI=1S/C29H48FN3O3/c1-21-13-14-24(30)19-26(21)29(35,15-7-8-17-36-3)25-12-9-16-33(28(31)34)27(25)23(20-32-2)18-22-10-5-4-6-11-22/h13-14,19,22-23,25,27,32,35H,4-12,15-18,20H2,1-3H3,(H2,31,34)/t23-,25?,27?,29-/m0/s1. The molecule has 204 valence electrons. The molecule has 2 aliphatic rings. The molecule has 1 aliphatic carbocycles. The molecule has 7 heteroatoms. The number of nitrogens with one attached hydrogen (secondary N) is 1. The van der Waals surface area contributed by atoms with Crippen LogP contribution in [0.2, 0.25) is 0 Å². The van der Waals surface area contributed by atoms with Crippen LogP contribution in [0.25, 0.3) is 0 Å². The van der Waals surface area contributed by atoms with E-state index >= 15 is 0 Å². The maximum Gasteiger partial charge on any atom is 0.315 e. The van der Waals surface area contributed by atoms with Gasteiger partial charge in [-0.2, -0.15) is 0 Å². The lowest BCUT2D eigenvalue weighted by atomic mass is 9.65. The highest BCUT2D eigenvalue weighted by molar-refractivity contribution is 5.72. The number of primary amides is 1. The number of aliphatic hydroxyl groups is 1. The predicted molar refractivity (Wildman–Crippen MR) is 142 cm³/mol. The van der Waals surface area contributed by atoms with Gasteiger partial charge in [0.15, 0.2) is 0 Å². The molecule has 6 nitrogen and oxygen atoms in total. The molecule has 3 rings (SSSR count). The van der Waals surface area contributed by atoms with Crippen LogP contribution in [0.4, 0.5) is 9.18 Å². The van der Waals surface area contributed by atoms with Gasteiger partial charge in [-0.25, -0.2) is 9.18 Å². The normalized spacial score (nSPS) is 23.9. The number of aryl methyl sites for hydroxylation is 1. The second-order valence-electron chi connectivity index (χ2n) is 11.2. The lowest BCUT2D eigenvalue weighted by molar-refractivity contribution is -0.0940. The Morgan fingerprint density at radius 2 is 2.00 bits per heavy atom. The van der Waals surface area contributed by atoms with Gasteiger partial charge in [0.05, 0.1) is 5.60 Å². The van der Waals surface area contributed by atoms with Crippen LogP contribution in [-0.2, 0) is 10.3 Å². The first-order chi connectivity index (χ1) is 17.3. The van der Waals surface area contributed by atoms with E-state index in [1.165, 1.54) is 44.2 Å². The Kier molecular flexibility index (Phi) is 11.0. The maximum atomic E-state index is 14.6. The van der Waals surface area contributed by atoms with Crippen molar-refractivity contribution < 1.29 is 19.0 Å². The minimum absolute atomic E-state index is 0.162. The molecule has 0 spiro atoms. The van der Waals surface area contributed by atoms with Gasteiger partial charge >= 0.3 is 6.03 Å². The number of ether oxygens (including phenoxy) is 1. The molecule has 2 unspecified atom stereocenters. The Bertz CT molecular complexity index is 832. The number of likely N-dealkylation sites (tertiary alicyclic amines) is 1. The number of piperidine rings is 1. The van der Waals surface area contributed by atoms with Crippen molar-refractivity contribution in [3.63, 3.8) is 0 Å². The first-order valence-electron chi connectivity index (χ1n) is 14.0. The summed E-state index contributed by atoms with van der Waals surface area (Å²) in [7, 11) is 3.63. The highest BCUT2D eigenvalue weighted by Gasteiger charge is 2.50. The number of nitrogens with two attached hydrogens (primary N) is 1. The highest BCUT2D eigenvalue weighted by atomic mass is 19.1. The minimum atomic E-state index is -1.27. The molecule has 0 bridgehead atoms. The SMILES string of the molecule is CNC[C@H](CC1CCCCC1)C1C([C@@](O)(CCCCOC)c2cc(F)ccc2C)CCCN1C(N)=O. The number of urea groups is 1. The van der Waals surface area contributed by atoms with Gasteiger partial charge in [-0.15, -0.1) is 0 Å². The zero-order chi connectivity index (χ0) is 26.1. The molecule has 0 aromatic heterocycles. The lowest BCUT2D eigenvalue weighted by Crippen LogP contribution is -2.60. The van der Waals surface area contributed by atoms with Crippen LogP contribution in [0.5, 0.6) is 0 Å². The molecule has 1 saturated heterocycles. The fraction of sp³-hybridized carbons (Fsp3) is 0.759. The fourth-order valence-corrected chi connectivity index (χ4v) is 7.06. The van der Waals surface area contributed by atoms with Crippen molar-refractivity contribution >= 4 is 6.03 Å². The second-order valence-corrected chi connectivity index (χ2v) is 11.2. The summed E-state index contributed by atoms with van der Waals surface area (Å²) in [5.74, 6) is 0.207. The van der Waals surface area contributed by atoms with Gasteiger partial charge in [0.2, 0.25) is 0 Å². The Morgan fingerprint density at radius 1 is 1.25 bits per heavy atom. The van der Waals surface area contributed by atoms with Crippen LogP contribution in [0.15, 0.2) is 18.2 Å². The first-order valence-corrected chi connectivity index (χ1v) is 14.0. The number of methoxy groups -OCH3 is 1. The van der Waals surface area contributed by atoms with E-state index in [0.717, 1.165) is 44.2 Å². The molecule has 1 saturated carbocycles. The molecule has 4 N–H and O–H groups in total. The van der Waals surface area contributed by atoms with E-state index < -0.39 is 11.6 Å². The summed E-state index contributed by atoms with van der Waals surface area (Å²) in [6, 6.07) is 4.07. The monoisotopic (exact) mass is 505 g/mol. The third-order valence-electron chi connectivity index (χ3n) is 8.72. The van der Waals surface area contributed by atoms with E-state index in [4.69, 9.17) is 10.5 Å². The van der Waals surface area contributed by atoms with E-state index in [2.05, 4.69) is 5.32 Å². The highest BCUT2D eigenvalue weighted by Crippen LogP contribution is 2.47. The van der Waals surface area contributed by atoms with Crippen LogP contribution in [0, 0.1) is 30.5 Å². The fourth-order valence-electron chi connectivity index (χ4n) is 7.06. The molecule has 1 aliphatic heterocycles. The quantitative estimate of drug-likeness (QED) is 0.345. The zero-order valence-corrected chi connectivity index (χ0v) is 22.6. The van der Waals surface area contributed by atoms with Crippen LogP contribution in [0.3, 0.4) is 0 Å². The van der Waals surface area contributed by atoms with Crippen LogP contribution >= 0.6 is 0 Å². The first kappa shape index (κ1) is 28.9. The van der Waals surface area contributed by atoms with Crippen molar-refractivity contribution in [2.75, 3.05) is 33.9 Å². The van der Waals surface area contributed by atoms with E-state index in [-0.39, 0.29) is 23.7 Å². The maximum absolute atomic E-state index is 14.6. The third kappa shape index (κ3) is 6.99. The van der Waals surface area contributed by atoms with E-state index in [1.54, 1.807) is 13.2 Å². The summed E-state index contributed by atoms with van der Waals surface area (Å²) in [6.07, 6.45) is 10.9. The molecule has 2 fully saturated rings. The number of halogens is 1. The van der Waals surface area contributed by atoms with E-state index in [1.807, 2.05) is 18.9 Å². The van der Waals surface area contributed by atoms with Gasteiger partial charge in [0.25, 0.3) is 0 Å².